The minimum Gasteiger partial charge on any atom is -0.390 e. The molecule has 3 nitrogen and oxygen atoms in total. The third-order valence-corrected chi connectivity index (χ3v) is 5.22. The molecular weight excluding hydrogens is 284 g/mol. The van der Waals surface area contributed by atoms with Gasteiger partial charge in [0.25, 0.3) is 0 Å². The highest BCUT2D eigenvalue weighted by atomic mass is 16.3. The Kier molecular flexibility index (Phi) is 5.55. The van der Waals surface area contributed by atoms with Crippen molar-refractivity contribution in [2.75, 3.05) is 20.1 Å². The van der Waals surface area contributed by atoms with Gasteiger partial charge in [-0.2, -0.15) is 0 Å². The largest absolute Gasteiger partial charge is 0.390 e. The van der Waals surface area contributed by atoms with Crippen LogP contribution in [0.3, 0.4) is 0 Å². The van der Waals surface area contributed by atoms with E-state index >= 15 is 0 Å². The molecule has 0 aromatic heterocycles. The maximum absolute atomic E-state index is 9.84. The number of aliphatic hydroxyl groups is 1. The van der Waals surface area contributed by atoms with Crippen molar-refractivity contribution >= 4 is 0 Å². The normalized spacial score (nSPS) is 23.2. The van der Waals surface area contributed by atoms with Crippen LogP contribution in [-0.2, 0) is 13.0 Å². The van der Waals surface area contributed by atoms with Gasteiger partial charge in [0.05, 0.1) is 5.60 Å². The number of piperazine rings is 1. The first kappa shape index (κ1) is 18.4. The fourth-order valence-corrected chi connectivity index (χ4v) is 3.24. The number of hydrogen-bond acceptors (Lipinski definition) is 3. The van der Waals surface area contributed by atoms with Crippen LogP contribution in [0.2, 0.25) is 0 Å². The third kappa shape index (κ3) is 5.30. The Morgan fingerprint density at radius 1 is 1.17 bits per heavy atom. The molecule has 130 valence electrons. The standard InChI is InChI=1S/C20H34N2O/c1-16-13-21(6)19(2,3)15-22(16)14-18-9-7-17(8-10-18)11-12-20(4,5)23/h7-10,16,23H,11-15H2,1-6H3/t16-/m0/s1. The first-order valence-electron chi connectivity index (χ1n) is 8.82. The summed E-state index contributed by atoms with van der Waals surface area (Å²) in [4.78, 5) is 5.06. The van der Waals surface area contributed by atoms with Crippen LogP contribution < -0.4 is 0 Å². The molecule has 1 heterocycles. The molecule has 1 aliphatic rings. The maximum atomic E-state index is 9.84. The van der Waals surface area contributed by atoms with Gasteiger partial charge in [-0.1, -0.05) is 24.3 Å². The SMILES string of the molecule is C[C@H]1CN(C)C(C)(C)CN1Cc1ccc(CCC(C)(C)O)cc1. The highest BCUT2D eigenvalue weighted by Gasteiger charge is 2.34. The van der Waals surface area contributed by atoms with Crippen LogP contribution in [0.15, 0.2) is 24.3 Å². The lowest BCUT2D eigenvalue weighted by Gasteiger charge is -2.49. The van der Waals surface area contributed by atoms with E-state index in [9.17, 15) is 5.11 Å². The van der Waals surface area contributed by atoms with Gasteiger partial charge in [-0.25, -0.2) is 0 Å². The van der Waals surface area contributed by atoms with E-state index in [0.29, 0.717) is 6.04 Å². The van der Waals surface area contributed by atoms with Crippen LogP contribution in [0, 0.1) is 0 Å². The van der Waals surface area contributed by atoms with E-state index < -0.39 is 5.60 Å². The summed E-state index contributed by atoms with van der Waals surface area (Å²) in [5.74, 6) is 0. The lowest BCUT2D eigenvalue weighted by molar-refractivity contribution is 0.000748. The molecule has 1 fully saturated rings. The molecule has 0 spiro atoms. The van der Waals surface area contributed by atoms with Gasteiger partial charge in [-0.15, -0.1) is 0 Å². The van der Waals surface area contributed by atoms with Crippen LogP contribution in [0.1, 0.15) is 52.2 Å². The van der Waals surface area contributed by atoms with Crippen molar-refractivity contribution in [2.45, 2.75) is 71.2 Å². The summed E-state index contributed by atoms with van der Waals surface area (Å²) < 4.78 is 0. The summed E-state index contributed by atoms with van der Waals surface area (Å²) in [6.07, 6.45) is 1.73. The Hall–Kier alpha value is -0.900. The number of nitrogens with zero attached hydrogens (tertiary/aromatic N) is 2. The fourth-order valence-electron chi connectivity index (χ4n) is 3.24. The summed E-state index contributed by atoms with van der Waals surface area (Å²) in [5, 5.41) is 9.84. The number of likely N-dealkylation sites (N-methyl/N-ethyl adjacent to an activating group) is 1. The predicted octanol–water partition coefficient (Wildman–Crippen LogP) is 3.30. The van der Waals surface area contributed by atoms with Gasteiger partial charge in [-0.3, -0.25) is 9.80 Å². The van der Waals surface area contributed by atoms with E-state index in [4.69, 9.17) is 0 Å². The summed E-state index contributed by atoms with van der Waals surface area (Å²) in [5.41, 5.74) is 2.34. The van der Waals surface area contributed by atoms with Gasteiger partial charge in [-0.05, 0) is 65.6 Å². The summed E-state index contributed by atoms with van der Waals surface area (Å²) >= 11 is 0. The highest BCUT2D eigenvalue weighted by Crippen LogP contribution is 2.24. The van der Waals surface area contributed by atoms with E-state index in [-0.39, 0.29) is 5.54 Å². The van der Waals surface area contributed by atoms with Gasteiger partial charge >= 0.3 is 0 Å². The van der Waals surface area contributed by atoms with E-state index in [0.717, 1.165) is 32.5 Å². The van der Waals surface area contributed by atoms with Crippen LogP contribution in [0.5, 0.6) is 0 Å². The van der Waals surface area contributed by atoms with Crippen LogP contribution in [-0.4, -0.2) is 52.2 Å². The summed E-state index contributed by atoms with van der Waals surface area (Å²) in [6.45, 7) is 14.0. The minimum atomic E-state index is -0.584. The van der Waals surface area contributed by atoms with E-state index in [1.165, 1.54) is 11.1 Å². The molecule has 1 aromatic carbocycles. The summed E-state index contributed by atoms with van der Waals surface area (Å²) in [6, 6.07) is 9.51. The molecule has 1 N–H and O–H groups in total. The Balaban J connectivity index is 1.95. The van der Waals surface area contributed by atoms with Gasteiger partial charge in [0.1, 0.15) is 0 Å². The number of hydrogen-bond donors (Lipinski definition) is 1. The average Bonchev–Trinajstić information content (AvgIpc) is 2.43. The van der Waals surface area contributed by atoms with E-state index in [1.807, 2.05) is 13.8 Å². The van der Waals surface area contributed by atoms with Gasteiger partial charge in [0.2, 0.25) is 0 Å². The lowest BCUT2D eigenvalue weighted by atomic mass is 9.95. The van der Waals surface area contributed by atoms with Crippen LogP contribution in [0.4, 0.5) is 0 Å². The van der Waals surface area contributed by atoms with Gasteiger partial charge in [0, 0.05) is 31.2 Å². The molecule has 0 saturated carbocycles. The second-order valence-corrected chi connectivity index (χ2v) is 8.58. The second-order valence-electron chi connectivity index (χ2n) is 8.58. The van der Waals surface area contributed by atoms with Crippen molar-refractivity contribution in [1.82, 2.24) is 9.80 Å². The smallest absolute Gasteiger partial charge is 0.0594 e. The lowest BCUT2D eigenvalue weighted by Crippen LogP contribution is -2.60. The van der Waals surface area contributed by atoms with Crippen molar-refractivity contribution in [1.29, 1.82) is 0 Å². The van der Waals surface area contributed by atoms with Crippen molar-refractivity contribution < 1.29 is 5.11 Å². The highest BCUT2D eigenvalue weighted by molar-refractivity contribution is 5.23. The molecule has 1 aliphatic heterocycles. The molecule has 23 heavy (non-hydrogen) atoms. The fraction of sp³-hybridized carbons (Fsp3) is 0.700. The molecule has 0 radical (unpaired) electrons. The maximum Gasteiger partial charge on any atom is 0.0594 e. The van der Waals surface area contributed by atoms with Crippen LogP contribution in [0.25, 0.3) is 0 Å². The van der Waals surface area contributed by atoms with Crippen molar-refractivity contribution in [3.8, 4) is 0 Å². The van der Waals surface area contributed by atoms with Gasteiger partial charge in [0.15, 0.2) is 0 Å². The topological polar surface area (TPSA) is 26.7 Å². The first-order valence-corrected chi connectivity index (χ1v) is 8.82. The Morgan fingerprint density at radius 3 is 2.30 bits per heavy atom. The average molecular weight is 319 g/mol. The Bertz CT molecular complexity index is 501. The molecule has 0 aliphatic carbocycles. The van der Waals surface area contributed by atoms with Crippen LogP contribution >= 0.6 is 0 Å². The Morgan fingerprint density at radius 2 is 1.74 bits per heavy atom. The molecule has 1 aromatic rings. The summed E-state index contributed by atoms with van der Waals surface area (Å²) in [7, 11) is 2.23. The van der Waals surface area contributed by atoms with E-state index in [2.05, 4.69) is 61.9 Å². The van der Waals surface area contributed by atoms with Crippen molar-refractivity contribution in [3.63, 3.8) is 0 Å². The molecule has 1 atom stereocenters. The number of benzene rings is 1. The first-order chi connectivity index (χ1) is 10.6. The Labute approximate surface area is 142 Å². The van der Waals surface area contributed by atoms with E-state index in [1.54, 1.807) is 0 Å². The third-order valence-electron chi connectivity index (χ3n) is 5.22. The molecule has 0 unspecified atom stereocenters. The monoisotopic (exact) mass is 318 g/mol. The zero-order valence-corrected chi connectivity index (χ0v) is 15.8. The molecule has 2 rings (SSSR count). The molecule has 0 bridgehead atoms. The van der Waals surface area contributed by atoms with Crippen molar-refractivity contribution in [2.24, 2.45) is 0 Å². The molecular formula is C20H34N2O. The second kappa shape index (κ2) is 6.92. The quantitative estimate of drug-likeness (QED) is 0.902. The molecule has 1 saturated heterocycles. The van der Waals surface area contributed by atoms with Gasteiger partial charge < -0.3 is 5.11 Å². The number of aryl methyl sites for hydroxylation is 1. The molecule has 3 heteroatoms. The zero-order chi connectivity index (χ0) is 17.3. The molecule has 0 amide bonds. The zero-order valence-electron chi connectivity index (χ0n) is 15.8. The number of rotatable bonds is 5. The predicted molar refractivity (Wildman–Crippen MR) is 97.6 cm³/mol. The minimum absolute atomic E-state index is 0.235. The van der Waals surface area contributed by atoms with Crippen molar-refractivity contribution in [3.05, 3.63) is 35.4 Å².